The van der Waals surface area contributed by atoms with Gasteiger partial charge in [-0.3, -0.25) is 0 Å². The summed E-state index contributed by atoms with van der Waals surface area (Å²) in [4.78, 5) is 0. The average Bonchev–Trinajstić information content (AvgIpc) is 2.47. The molecular formula is C19H22ClN. The van der Waals surface area contributed by atoms with Gasteiger partial charge in [-0.1, -0.05) is 53.6 Å². The fourth-order valence-electron chi connectivity index (χ4n) is 2.31. The molecule has 0 amide bonds. The molecule has 0 unspecified atom stereocenters. The highest BCUT2D eigenvalue weighted by atomic mass is 35.5. The molecule has 21 heavy (non-hydrogen) atoms. The van der Waals surface area contributed by atoms with Crippen LogP contribution in [0.3, 0.4) is 0 Å². The van der Waals surface area contributed by atoms with Gasteiger partial charge in [0.2, 0.25) is 0 Å². The maximum absolute atomic E-state index is 6.02. The van der Waals surface area contributed by atoms with Crippen molar-refractivity contribution < 1.29 is 0 Å². The van der Waals surface area contributed by atoms with Gasteiger partial charge in [-0.05, 0) is 57.0 Å². The van der Waals surface area contributed by atoms with E-state index in [9.17, 15) is 0 Å². The van der Waals surface area contributed by atoms with Crippen LogP contribution in [0.4, 0.5) is 5.69 Å². The van der Waals surface area contributed by atoms with E-state index in [2.05, 4.69) is 56.4 Å². The molecule has 0 bridgehead atoms. The van der Waals surface area contributed by atoms with Crippen LogP contribution in [0.25, 0.3) is 0 Å². The van der Waals surface area contributed by atoms with Crippen LogP contribution in [-0.4, -0.2) is 0 Å². The highest BCUT2D eigenvalue weighted by Gasteiger charge is 2.25. The molecule has 0 aromatic heterocycles. The molecule has 1 N–H and O–H groups in total. The van der Waals surface area contributed by atoms with Crippen LogP contribution in [-0.2, 0) is 5.54 Å². The summed E-state index contributed by atoms with van der Waals surface area (Å²) in [5.74, 6) is 0. The minimum absolute atomic E-state index is 0.163. The van der Waals surface area contributed by atoms with Crippen LogP contribution in [0.1, 0.15) is 32.8 Å². The fourth-order valence-corrected chi connectivity index (χ4v) is 2.43. The molecule has 0 fully saturated rings. The van der Waals surface area contributed by atoms with Gasteiger partial charge in [0.1, 0.15) is 0 Å². The standard InChI is InChI=1S/C19H22ClN/c1-15(2)13-14-19(3,16-9-11-17(20)12-10-16)21-18-7-5-4-6-8-18/h4-13,21H,14H2,1-3H3/t19-/m1/s1. The van der Waals surface area contributed by atoms with Gasteiger partial charge in [0.15, 0.2) is 0 Å². The number of benzene rings is 2. The summed E-state index contributed by atoms with van der Waals surface area (Å²) in [6.45, 7) is 6.48. The largest absolute Gasteiger partial charge is 0.375 e. The number of halogens is 1. The second-order valence-electron chi connectivity index (χ2n) is 5.82. The number of hydrogen-bond acceptors (Lipinski definition) is 1. The molecule has 110 valence electrons. The van der Waals surface area contributed by atoms with Crippen molar-refractivity contribution in [2.75, 3.05) is 5.32 Å². The minimum atomic E-state index is -0.163. The summed E-state index contributed by atoms with van der Waals surface area (Å²) in [6, 6.07) is 18.4. The van der Waals surface area contributed by atoms with Crippen molar-refractivity contribution >= 4 is 17.3 Å². The van der Waals surface area contributed by atoms with Gasteiger partial charge in [-0.15, -0.1) is 0 Å². The number of rotatable bonds is 5. The van der Waals surface area contributed by atoms with E-state index in [0.29, 0.717) is 0 Å². The first-order chi connectivity index (χ1) is 9.99. The lowest BCUT2D eigenvalue weighted by Crippen LogP contribution is -2.31. The molecule has 1 nitrogen and oxygen atoms in total. The van der Waals surface area contributed by atoms with Gasteiger partial charge >= 0.3 is 0 Å². The van der Waals surface area contributed by atoms with E-state index in [-0.39, 0.29) is 5.54 Å². The SMILES string of the molecule is CC(C)=CC[C@@](C)(Nc1ccccc1)c1ccc(Cl)cc1. The van der Waals surface area contributed by atoms with E-state index in [4.69, 9.17) is 11.6 Å². The first kappa shape index (κ1) is 15.7. The Morgan fingerprint density at radius 3 is 2.24 bits per heavy atom. The lowest BCUT2D eigenvalue weighted by molar-refractivity contribution is 0.550. The summed E-state index contributed by atoms with van der Waals surface area (Å²) < 4.78 is 0. The summed E-state index contributed by atoms with van der Waals surface area (Å²) in [6.07, 6.45) is 3.19. The van der Waals surface area contributed by atoms with Crippen molar-refractivity contribution in [1.29, 1.82) is 0 Å². The van der Waals surface area contributed by atoms with E-state index in [1.807, 2.05) is 30.3 Å². The normalized spacial score (nSPS) is 13.3. The Morgan fingerprint density at radius 2 is 1.67 bits per heavy atom. The maximum Gasteiger partial charge on any atom is 0.0631 e. The fraction of sp³-hybridized carbons (Fsp3) is 0.263. The topological polar surface area (TPSA) is 12.0 Å². The van der Waals surface area contributed by atoms with Crippen molar-refractivity contribution in [3.05, 3.63) is 76.8 Å². The zero-order valence-corrected chi connectivity index (χ0v) is 13.6. The zero-order valence-electron chi connectivity index (χ0n) is 12.9. The third-order valence-corrected chi connectivity index (χ3v) is 3.85. The number of anilines is 1. The Bertz CT molecular complexity index is 597. The lowest BCUT2D eigenvalue weighted by atomic mass is 9.87. The Labute approximate surface area is 132 Å². The second kappa shape index (κ2) is 6.82. The molecule has 2 aromatic rings. The highest BCUT2D eigenvalue weighted by molar-refractivity contribution is 6.30. The van der Waals surface area contributed by atoms with Gasteiger partial charge in [0.25, 0.3) is 0 Å². The molecule has 0 radical (unpaired) electrons. The predicted molar refractivity (Wildman–Crippen MR) is 92.9 cm³/mol. The minimum Gasteiger partial charge on any atom is -0.375 e. The molecule has 0 saturated heterocycles. The van der Waals surface area contributed by atoms with Crippen LogP contribution < -0.4 is 5.32 Å². The van der Waals surface area contributed by atoms with Gasteiger partial charge < -0.3 is 5.32 Å². The van der Waals surface area contributed by atoms with Crippen molar-refractivity contribution in [3.63, 3.8) is 0 Å². The van der Waals surface area contributed by atoms with E-state index >= 15 is 0 Å². The molecular weight excluding hydrogens is 278 g/mol. The van der Waals surface area contributed by atoms with E-state index in [1.165, 1.54) is 11.1 Å². The van der Waals surface area contributed by atoms with E-state index in [0.717, 1.165) is 17.1 Å². The smallest absolute Gasteiger partial charge is 0.0631 e. The molecule has 0 saturated carbocycles. The molecule has 2 heteroatoms. The molecule has 0 aliphatic rings. The van der Waals surface area contributed by atoms with Crippen LogP contribution in [0.15, 0.2) is 66.2 Å². The zero-order chi connectivity index (χ0) is 15.3. The monoisotopic (exact) mass is 299 g/mol. The molecule has 0 aliphatic heterocycles. The van der Waals surface area contributed by atoms with Crippen molar-refractivity contribution in [1.82, 2.24) is 0 Å². The Hall–Kier alpha value is -1.73. The van der Waals surface area contributed by atoms with Crippen molar-refractivity contribution in [3.8, 4) is 0 Å². The lowest BCUT2D eigenvalue weighted by Gasteiger charge is -2.32. The third-order valence-electron chi connectivity index (χ3n) is 3.59. The predicted octanol–water partition coefficient (Wildman–Crippen LogP) is 6.02. The second-order valence-corrected chi connectivity index (χ2v) is 6.25. The van der Waals surface area contributed by atoms with Gasteiger partial charge in [-0.2, -0.15) is 0 Å². The van der Waals surface area contributed by atoms with Crippen LogP contribution in [0, 0.1) is 0 Å². The Morgan fingerprint density at radius 1 is 1.05 bits per heavy atom. The first-order valence-corrected chi connectivity index (χ1v) is 7.60. The molecule has 0 aliphatic carbocycles. The summed E-state index contributed by atoms with van der Waals surface area (Å²) in [5.41, 5.74) is 3.51. The van der Waals surface area contributed by atoms with E-state index in [1.54, 1.807) is 0 Å². The molecule has 2 aromatic carbocycles. The van der Waals surface area contributed by atoms with Gasteiger partial charge in [-0.25, -0.2) is 0 Å². The number of para-hydroxylation sites is 1. The van der Waals surface area contributed by atoms with E-state index < -0.39 is 0 Å². The number of hydrogen-bond donors (Lipinski definition) is 1. The Kier molecular flexibility index (Phi) is 5.08. The number of nitrogens with one attached hydrogen (secondary N) is 1. The Balaban J connectivity index is 2.33. The molecule has 1 atom stereocenters. The van der Waals surface area contributed by atoms with Crippen LogP contribution >= 0.6 is 11.6 Å². The number of allylic oxidation sites excluding steroid dienone is 1. The molecule has 0 heterocycles. The maximum atomic E-state index is 6.02. The third kappa shape index (κ3) is 4.37. The quantitative estimate of drug-likeness (QED) is 0.665. The first-order valence-electron chi connectivity index (χ1n) is 7.22. The van der Waals surface area contributed by atoms with Crippen molar-refractivity contribution in [2.45, 2.75) is 32.7 Å². The average molecular weight is 300 g/mol. The summed E-state index contributed by atoms with van der Waals surface area (Å²) >= 11 is 6.02. The van der Waals surface area contributed by atoms with Crippen LogP contribution in [0.2, 0.25) is 5.02 Å². The van der Waals surface area contributed by atoms with Gasteiger partial charge in [0, 0.05) is 10.7 Å². The molecule has 0 spiro atoms. The van der Waals surface area contributed by atoms with Gasteiger partial charge in [0.05, 0.1) is 5.54 Å². The summed E-state index contributed by atoms with van der Waals surface area (Å²) in [7, 11) is 0. The molecule has 2 rings (SSSR count). The van der Waals surface area contributed by atoms with Crippen LogP contribution in [0.5, 0.6) is 0 Å². The highest BCUT2D eigenvalue weighted by Crippen LogP contribution is 2.31. The van der Waals surface area contributed by atoms with Crippen molar-refractivity contribution in [2.24, 2.45) is 0 Å². The summed E-state index contributed by atoms with van der Waals surface area (Å²) in [5, 5.41) is 4.43.